The SMILES string of the molecule is Cn1cccc1CNC(=O)c1cc(F)ccc1Br. The van der Waals surface area contributed by atoms with Crippen LogP contribution in [0, 0.1) is 5.82 Å². The molecule has 1 heterocycles. The first kappa shape index (κ1) is 12.8. The molecule has 0 bridgehead atoms. The summed E-state index contributed by atoms with van der Waals surface area (Å²) in [7, 11) is 1.90. The maximum Gasteiger partial charge on any atom is 0.252 e. The molecule has 18 heavy (non-hydrogen) atoms. The van der Waals surface area contributed by atoms with Crippen LogP contribution in [0.25, 0.3) is 0 Å². The van der Waals surface area contributed by atoms with E-state index < -0.39 is 5.82 Å². The number of hydrogen-bond acceptors (Lipinski definition) is 1. The molecule has 2 rings (SSSR count). The van der Waals surface area contributed by atoms with Crippen molar-refractivity contribution in [1.82, 2.24) is 9.88 Å². The summed E-state index contributed by atoms with van der Waals surface area (Å²) in [6.07, 6.45) is 1.90. The lowest BCUT2D eigenvalue weighted by atomic mass is 10.2. The van der Waals surface area contributed by atoms with Crippen LogP contribution in [0.15, 0.2) is 41.0 Å². The fourth-order valence-electron chi connectivity index (χ4n) is 1.62. The van der Waals surface area contributed by atoms with Crippen LogP contribution in [0.4, 0.5) is 4.39 Å². The van der Waals surface area contributed by atoms with Crippen molar-refractivity contribution in [2.45, 2.75) is 6.54 Å². The van der Waals surface area contributed by atoms with Gasteiger partial charge in [-0.2, -0.15) is 0 Å². The van der Waals surface area contributed by atoms with Crippen LogP contribution >= 0.6 is 15.9 Å². The van der Waals surface area contributed by atoms with E-state index in [1.54, 1.807) is 0 Å². The quantitative estimate of drug-likeness (QED) is 0.929. The van der Waals surface area contributed by atoms with Gasteiger partial charge in [0.25, 0.3) is 5.91 Å². The Labute approximate surface area is 113 Å². The van der Waals surface area contributed by atoms with Crippen molar-refractivity contribution in [3.63, 3.8) is 0 Å². The second-order valence-corrected chi connectivity index (χ2v) is 4.77. The summed E-state index contributed by atoms with van der Waals surface area (Å²) < 4.78 is 15.6. The van der Waals surface area contributed by atoms with Crippen LogP contribution in [0.3, 0.4) is 0 Å². The third-order valence-corrected chi connectivity index (χ3v) is 3.35. The van der Waals surface area contributed by atoms with Crippen molar-refractivity contribution in [3.05, 3.63) is 58.1 Å². The Bertz CT molecular complexity index is 580. The molecular weight excluding hydrogens is 299 g/mol. The van der Waals surface area contributed by atoms with Gasteiger partial charge in [-0.05, 0) is 46.3 Å². The molecule has 5 heteroatoms. The molecule has 0 unspecified atom stereocenters. The second-order valence-electron chi connectivity index (χ2n) is 3.92. The maximum atomic E-state index is 13.1. The number of amides is 1. The topological polar surface area (TPSA) is 34.0 Å². The zero-order chi connectivity index (χ0) is 13.1. The monoisotopic (exact) mass is 310 g/mol. The Balaban J connectivity index is 2.08. The van der Waals surface area contributed by atoms with Crippen LogP contribution < -0.4 is 5.32 Å². The van der Waals surface area contributed by atoms with Crippen molar-refractivity contribution in [2.24, 2.45) is 7.05 Å². The number of nitrogens with zero attached hydrogens (tertiary/aromatic N) is 1. The lowest BCUT2D eigenvalue weighted by Crippen LogP contribution is -2.24. The standard InChI is InChI=1S/C13H12BrFN2O/c1-17-6-2-3-10(17)8-16-13(18)11-7-9(15)4-5-12(11)14/h2-7H,8H2,1H3,(H,16,18). The summed E-state index contributed by atoms with van der Waals surface area (Å²) in [4.78, 5) is 11.9. The van der Waals surface area contributed by atoms with Gasteiger partial charge < -0.3 is 9.88 Å². The van der Waals surface area contributed by atoms with Crippen LogP contribution in [0.2, 0.25) is 0 Å². The molecular formula is C13H12BrFN2O. The van der Waals surface area contributed by atoms with E-state index in [1.807, 2.05) is 29.9 Å². The molecule has 0 saturated carbocycles. The Kier molecular flexibility index (Phi) is 3.81. The summed E-state index contributed by atoms with van der Waals surface area (Å²) in [5, 5.41) is 2.75. The minimum atomic E-state index is -0.429. The van der Waals surface area contributed by atoms with Gasteiger partial charge in [-0.15, -0.1) is 0 Å². The zero-order valence-electron chi connectivity index (χ0n) is 9.78. The number of hydrogen-bond donors (Lipinski definition) is 1. The molecule has 94 valence electrons. The predicted octanol–water partition coefficient (Wildman–Crippen LogP) is 2.86. The molecule has 0 radical (unpaired) electrons. The highest BCUT2D eigenvalue weighted by Crippen LogP contribution is 2.17. The van der Waals surface area contributed by atoms with Gasteiger partial charge in [0.1, 0.15) is 5.82 Å². The highest BCUT2D eigenvalue weighted by molar-refractivity contribution is 9.10. The number of benzene rings is 1. The van der Waals surface area contributed by atoms with E-state index >= 15 is 0 Å². The molecule has 2 aromatic rings. The van der Waals surface area contributed by atoms with Gasteiger partial charge >= 0.3 is 0 Å². The largest absolute Gasteiger partial charge is 0.353 e. The average Bonchev–Trinajstić information content (AvgIpc) is 2.75. The van der Waals surface area contributed by atoms with Crippen LogP contribution in [0.1, 0.15) is 16.1 Å². The van der Waals surface area contributed by atoms with Crippen LogP contribution in [0.5, 0.6) is 0 Å². The molecule has 0 aliphatic rings. The summed E-state index contributed by atoms with van der Waals surface area (Å²) in [6.45, 7) is 0.408. The van der Waals surface area contributed by atoms with E-state index in [-0.39, 0.29) is 5.91 Å². The van der Waals surface area contributed by atoms with E-state index in [2.05, 4.69) is 21.2 Å². The van der Waals surface area contributed by atoms with Crippen molar-refractivity contribution >= 4 is 21.8 Å². The average molecular weight is 311 g/mol. The second kappa shape index (κ2) is 5.35. The number of halogens is 2. The van der Waals surface area contributed by atoms with Gasteiger partial charge in [0, 0.05) is 23.4 Å². The lowest BCUT2D eigenvalue weighted by Gasteiger charge is -2.08. The Morgan fingerprint density at radius 3 is 2.89 bits per heavy atom. The first-order valence-corrected chi connectivity index (χ1v) is 6.20. The summed E-state index contributed by atoms with van der Waals surface area (Å²) in [6, 6.07) is 7.86. The Morgan fingerprint density at radius 2 is 2.22 bits per heavy atom. The van der Waals surface area contributed by atoms with E-state index in [1.165, 1.54) is 18.2 Å². The molecule has 0 saturated heterocycles. The number of carbonyl (C=O) groups is 1. The van der Waals surface area contributed by atoms with Crippen LogP contribution in [-0.4, -0.2) is 10.5 Å². The first-order chi connectivity index (χ1) is 8.58. The number of aryl methyl sites for hydroxylation is 1. The molecule has 0 fully saturated rings. The van der Waals surface area contributed by atoms with Crippen molar-refractivity contribution in [3.8, 4) is 0 Å². The molecule has 3 nitrogen and oxygen atoms in total. The van der Waals surface area contributed by atoms with E-state index in [4.69, 9.17) is 0 Å². The third-order valence-electron chi connectivity index (χ3n) is 2.65. The zero-order valence-corrected chi connectivity index (χ0v) is 11.4. The summed E-state index contributed by atoms with van der Waals surface area (Å²) in [5.74, 6) is -0.732. The highest BCUT2D eigenvalue weighted by Gasteiger charge is 2.11. The van der Waals surface area contributed by atoms with Gasteiger partial charge in [-0.25, -0.2) is 4.39 Å². The third kappa shape index (κ3) is 2.79. The highest BCUT2D eigenvalue weighted by atomic mass is 79.9. The number of carbonyl (C=O) groups excluding carboxylic acids is 1. The molecule has 1 aromatic carbocycles. The van der Waals surface area contributed by atoms with Crippen molar-refractivity contribution in [1.29, 1.82) is 0 Å². The summed E-state index contributed by atoms with van der Waals surface area (Å²) >= 11 is 3.23. The molecule has 1 aromatic heterocycles. The molecule has 0 atom stereocenters. The smallest absolute Gasteiger partial charge is 0.252 e. The number of aromatic nitrogens is 1. The fourth-order valence-corrected chi connectivity index (χ4v) is 2.04. The van der Waals surface area contributed by atoms with E-state index in [9.17, 15) is 9.18 Å². The number of nitrogens with one attached hydrogen (secondary N) is 1. The van der Waals surface area contributed by atoms with Gasteiger partial charge in [0.05, 0.1) is 12.1 Å². The lowest BCUT2D eigenvalue weighted by molar-refractivity contribution is 0.0949. The minimum Gasteiger partial charge on any atom is -0.353 e. The molecule has 0 aliphatic heterocycles. The van der Waals surface area contributed by atoms with E-state index in [0.717, 1.165) is 5.69 Å². The fraction of sp³-hybridized carbons (Fsp3) is 0.154. The van der Waals surface area contributed by atoms with Gasteiger partial charge in [-0.3, -0.25) is 4.79 Å². The Hall–Kier alpha value is -1.62. The minimum absolute atomic E-state index is 0.296. The van der Waals surface area contributed by atoms with Crippen LogP contribution in [-0.2, 0) is 13.6 Å². The molecule has 1 N–H and O–H groups in total. The van der Waals surface area contributed by atoms with Crippen molar-refractivity contribution < 1.29 is 9.18 Å². The van der Waals surface area contributed by atoms with E-state index in [0.29, 0.717) is 16.6 Å². The Morgan fingerprint density at radius 1 is 1.44 bits per heavy atom. The predicted molar refractivity (Wildman–Crippen MR) is 70.7 cm³/mol. The molecule has 1 amide bonds. The van der Waals surface area contributed by atoms with Crippen molar-refractivity contribution in [2.75, 3.05) is 0 Å². The number of rotatable bonds is 3. The normalized spacial score (nSPS) is 10.4. The summed E-state index contributed by atoms with van der Waals surface area (Å²) in [5.41, 5.74) is 1.28. The molecule has 0 aliphatic carbocycles. The maximum absolute atomic E-state index is 13.1. The van der Waals surface area contributed by atoms with Gasteiger partial charge in [0.2, 0.25) is 0 Å². The van der Waals surface area contributed by atoms with Gasteiger partial charge in [0.15, 0.2) is 0 Å². The molecule has 0 spiro atoms. The first-order valence-electron chi connectivity index (χ1n) is 5.41. The van der Waals surface area contributed by atoms with Gasteiger partial charge in [-0.1, -0.05) is 0 Å².